The number of likely N-dealkylation sites (N-methyl/N-ethyl adjacent to an activating group) is 1. The number of rotatable bonds is 6. The van der Waals surface area contributed by atoms with Crippen LogP contribution >= 0.6 is 0 Å². The summed E-state index contributed by atoms with van der Waals surface area (Å²) in [4.78, 5) is 39.2. The monoisotopic (exact) mass is 348 g/mol. The summed E-state index contributed by atoms with van der Waals surface area (Å²) in [5, 5.41) is 0. The van der Waals surface area contributed by atoms with E-state index in [-0.39, 0.29) is 24.3 Å². The highest BCUT2D eigenvalue weighted by atomic mass is 16.5. The molecular weight excluding hydrogens is 324 g/mol. The van der Waals surface area contributed by atoms with Gasteiger partial charge in [-0.3, -0.25) is 14.4 Å². The van der Waals surface area contributed by atoms with Gasteiger partial charge >= 0.3 is 5.97 Å². The van der Waals surface area contributed by atoms with Crippen LogP contribution in [0, 0.1) is 5.92 Å². The smallest absolute Gasteiger partial charge is 0.325 e. The lowest BCUT2D eigenvalue weighted by Crippen LogP contribution is -2.46. The largest absolute Gasteiger partial charge is 0.496 e. The molecule has 2 amide bonds. The molecule has 25 heavy (non-hydrogen) atoms. The first kappa shape index (κ1) is 18.8. The van der Waals surface area contributed by atoms with Gasteiger partial charge in [0, 0.05) is 32.1 Å². The summed E-state index contributed by atoms with van der Waals surface area (Å²) >= 11 is 0. The summed E-state index contributed by atoms with van der Waals surface area (Å²) in [5.74, 6) is -0.198. The van der Waals surface area contributed by atoms with Gasteiger partial charge in [-0.25, -0.2) is 0 Å². The van der Waals surface area contributed by atoms with Crippen molar-refractivity contribution in [3.63, 3.8) is 0 Å². The van der Waals surface area contributed by atoms with Gasteiger partial charge < -0.3 is 19.3 Å². The van der Waals surface area contributed by atoms with E-state index in [9.17, 15) is 14.4 Å². The summed E-state index contributed by atoms with van der Waals surface area (Å²) in [5.41, 5.74) is 0.898. The fourth-order valence-corrected chi connectivity index (χ4v) is 2.96. The summed E-state index contributed by atoms with van der Waals surface area (Å²) in [6, 6.07) is 7.50. The Morgan fingerprint density at radius 3 is 2.68 bits per heavy atom. The number of benzene rings is 1. The third-order valence-electron chi connectivity index (χ3n) is 4.37. The predicted molar refractivity (Wildman–Crippen MR) is 90.8 cm³/mol. The second kappa shape index (κ2) is 8.50. The van der Waals surface area contributed by atoms with Crippen molar-refractivity contribution in [3.8, 4) is 5.75 Å². The first-order chi connectivity index (χ1) is 12.0. The number of para-hydroxylation sites is 1. The highest BCUT2D eigenvalue weighted by Crippen LogP contribution is 2.25. The Kier molecular flexibility index (Phi) is 6.38. The zero-order valence-electron chi connectivity index (χ0n) is 14.9. The third-order valence-corrected chi connectivity index (χ3v) is 4.37. The number of hydrogen-bond acceptors (Lipinski definition) is 5. The van der Waals surface area contributed by atoms with Gasteiger partial charge in [0.15, 0.2) is 0 Å². The quantitative estimate of drug-likeness (QED) is 0.719. The van der Waals surface area contributed by atoms with E-state index in [1.807, 2.05) is 24.3 Å². The average Bonchev–Trinajstić information content (AvgIpc) is 2.63. The van der Waals surface area contributed by atoms with E-state index >= 15 is 0 Å². The number of esters is 1. The Labute approximate surface area is 147 Å². The van der Waals surface area contributed by atoms with Crippen LogP contribution in [0.15, 0.2) is 24.3 Å². The molecule has 7 nitrogen and oxygen atoms in total. The van der Waals surface area contributed by atoms with Crippen LogP contribution in [0.5, 0.6) is 5.75 Å². The number of amides is 2. The number of nitrogens with zero attached hydrogens (tertiary/aromatic N) is 2. The van der Waals surface area contributed by atoms with Crippen molar-refractivity contribution in [1.82, 2.24) is 9.80 Å². The second-order valence-corrected chi connectivity index (χ2v) is 6.09. The van der Waals surface area contributed by atoms with Gasteiger partial charge in [-0.15, -0.1) is 0 Å². The SMILES string of the molecule is COC(=O)CN(C)C(=O)[C@H]1CCC(=O)N(Cc2ccccc2OC)C1. The number of ether oxygens (including phenoxy) is 2. The molecule has 0 N–H and O–H groups in total. The van der Waals surface area contributed by atoms with Gasteiger partial charge in [0.05, 0.1) is 20.1 Å². The molecule has 1 aliphatic heterocycles. The predicted octanol–water partition coefficient (Wildman–Crippen LogP) is 1.07. The van der Waals surface area contributed by atoms with Crippen molar-refractivity contribution in [2.45, 2.75) is 19.4 Å². The van der Waals surface area contributed by atoms with Gasteiger partial charge in [-0.2, -0.15) is 0 Å². The lowest BCUT2D eigenvalue weighted by Gasteiger charge is -2.34. The van der Waals surface area contributed by atoms with E-state index in [4.69, 9.17) is 4.74 Å². The van der Waals surface area contributed by atoms with E-state index in [2.05, 4.69) is 4.74 Å². The van der Waals surface area contributed by atoms with Crippen molar-refractivity contribution in [1.29, 1.82) is 0 Å². The molecule has 0 unspecified atom stereocenters. The normalized spacial score (nSPS) is 17.2. The Hall–Kier alpha value is -2.57. The third kappa shape index (κ3) is 4.71. The van der Waals surface area contributed by atoms with Gasteiger partial charge in [0.2, 0.25) is 11.8 Å². The molecule has 1 aliphatic rings. The van der Waals surface area contributed by atoms with E-state index in [1.165, 1.54) is 12.0 Å². The fourth-order valence-electron chi connectivity index (χ4n) is 2.96. The number of carbonyl (C=O) groups excluding carboxylic acids is 3. The molecular formula is C18H24N2O5. The number of hydrogen-bond donors (Lipinski definition) is 0. The Morgan fingerprint density at radius 1 is 1.28 bits per heavy atom. The van der Waals surface area contributed by atoms with Gasteiger partial charge in [-0.1, -0.05) is 18.2 Å². The molecule has 0 bridgehead atoms. The van der Waals surface area contributed by atoms with Crippen LogP contribution in [-0.4, -0.2) is 61.9 Å². The van der Waals surface area contributed by atoms with Crippen molar-refractivity contribution >= 4 is 17.8 Å². The van der Waals surface area contributed by atoms with Crippen LogP contribution < -0.4 is 4.74 Å². The minimum absolute atomic E-state index is 0.0191. The number of methoxy groups -OCH3 is 2. The highest BCUT2D eigenvalue weighted by molar-refractivity contribution is 5.86. The molecule has 136 valence electrons. The van der Waals surface area contributed by atoms with Crippen LogP contribution in [0.3, 0.4) is 0 Å². The Balaban J connectivity index is 2.04. The molecule has 0 radical (unpaired) electrons. The highest BCUT2D eigenvalue weighted by Gasteiger charge is 2.32. The van der Waals surface area contributed by atoms with Crippen molar-refractivity contribution in [2.75, 3.05) is 34.4 Å². The Morgan fingerprint density at radius 2 is 2.00 bits per heavy atom. The maximum absolute atomic E-state index is 12.5. The molecule has 1 aromatic carbocycles. The summed E-state index contributed by atoms with van der Waals surface area (Å²) < 4.78 is 9.92. The molecule has 0 aliphatic carbocycles. The van der Waals surface area contributed by atoms with Crippen LogP contribution in [0.25, 0.3) is 0 Å². The first-order valence-corrected chi connectivity index (χ1v) is 8.17. The van der Waals surface area contributed by atoms with E-state index in [1.54, 1.807) is 19.1 Å². The molecule has 1 saturated heterocycles. The number of carbonyl (C=O) groups is 3. The molecule has 0 spiro atoms. The maximum atomic E-state index is 12.5. The average molecular weight is 348 g/mol. The maximum Gasteiger partial charge on any atom is 0.325 e. The van der Waals surface area contributed by atoms with Gasteiger partial charge in [-0.05, 0) is 12.5 Å². The molecule has 0 saturated carbocycles. The summed E-state index contributed by atoms with van der Waals surface area (Å²) in [6.07, 6.45) is 0.809. The molecule has 1 heterocycles. The number of piperidine rings is 1. The molecule has 0 aromatic heterocycles. The van der Waals surface area contributed by atoms with Crippen LogP contribution in [0.2, 0.25) is 0 Å². The molecule has 1 aromatic rings. The van der Waals surface area contributed by atoms with Crippen molar-refractivity contribution in [3.05, 3.63) is 29.8 Å². The van der Waals surface area contributed by atoms with E-state index < -0.39 is 5.97 Å². The standard InChI is InChI=1S/C18H24N2O5/c1-19(12-17(22)25-3)18(23)14-8-9-16(21)20(11-14)10-13-6-4-5-7-15(13)24-2/h4-7,14H,8-12H2,1-3H3/t14-/m0/s1. The lowest BCUT2D eigenvalue weighted by atomic mass is 9.95. The minimum atomic E-state index is -0.464. The zero-order valence-corrected chi connectivity index (χ0v) is 14.9. The van der Waals surface area contributed by atoms with Gasteiger partial charge in [0.25, 0.3) is 0 Å². The first-order valence-electron chi connectivity index (χ1n) is 8.17. The lowest BCUT2D eigenvalue weighted by molar-refractivity contribution is -0.150. The van der Waals surface area contributed by atoms with Crippen LogP contribution in [-0.2, 0) is 25.7 Å². The minimum Gasteiger partial charge on any atom is -0.496 e. The Bertz CT molecular complexity index is 646. The topological polar surface area (TPSA) is 76.2 Å². The van der Waals surface area contributed by atoms with Gasteiger partial charge in [0.1, 0.15) is 12.3 Å². The van der Waals surface area contributed by atoms with Crippen molar-refractivity contribution in [2.24, 2.45) is 5.92 Å². The molecule has 7 heteroatoms. The number of likely N-dealkylation sites (tertiary alicyclic amines) is 1. The zero-order chi connectivity index (χ0) is 18.4. The second-order valence-electron chi connectivity index (χ2n) is 6.09. The molecule has 2 rings (SSSR count). The van der Waals surface area contributed by atoms with Crippen molar-refractivity contribution < 1.29 is 23.9 Å². The fraction of sp³-hybridized carbons (Fsp3) is 0.500. The van der Waals surface area contributed by atoms with E-state index in [0.29, 0.717) is 31.7 Å². The van der Waals surface area contributed by atoms with Crippen LogP contribution in [0.1, 0.15) is 18.4 Å². The molecule has 1 fully saturated rings. The molecule has 1 atom stereocenters. The summed E-state index contributed by atoms with van der Waals surface area (Å²) in [7, 11) is 4.44. The summed E-state index contributed by atoms with van der Waals surface area (Å²) in [6.45, 7) is 0.640. The van der Waals surface area contributed by atoms with Crippen LogP contribution in [0.4, 0.5) is 0 Å². The van der Waals surface area contributed by atoms with E-state index in [0.717, 1.165) is 5.56 Å².